The molecule has 1 aliphatic rings. The number of carboxylic acid groups (broad SMARTS) is 1. The fourth-order valence-corrected chi connectivity index (χ4v) is 3.46. The van der Waals surface area contributed by atoms with Gasteiger partial charge in [-0.2, -0.15) is 0 Å². The molecule has 2 aromatic rings. The molecule has 1 aromatic carbocycles. The zero-order valence-electron chi connectivity index (χ0n) is 15.1. The molecule has 25 heavy (non-hydrogen) atoms. The molecule has 0 amide bonds. The average molecular weight is 342 g/mol. The Morgan fingerprint density at radius 1 is 1.08 bits per heavy atom. The van der Waals surface area contributed by atoms with Gasteiger partial charge in [0, 0.05) is 51.0 Å². The lowest BCUT2D eigenvalue weighted by Gasteiger charge is -2.38. The first kappa shape index (κ1) is 17.6. The van der Waals surface area contributed by atoms with Gasteiger partial charge in [0.25, 0.3) is 0 Å². The summed E-state index contributed by atoms with van der Waals surface area (Å²) in [4.78, 5) is 21.0. The van der Waals surface area contributed by atoms with Crippen molar-refractivity contribution in [1.29, 1.82) is 0 Å². The number of aromatic nitrogens is 2. The fourth-order valence-electron chi connectivity index (χ4n) is 3.46. The fraction of sp³-hybridized carbons (Fsp3) is 0.474. The predicted octanol–water partition coefficient (Wildman–Crippen LogP) is 2.24. The molecule has 1 aromatic heterocycles. The monoisotopic (exact) mass is 342 g/mol. The van der Waals surface area contributed by atoms with E-state index in [-0.39, 0.29) is 0 Å². The van der Waals surface area contributed by atoms with Crippen LogP contribution in [-0.4, -0.2) is 62.6 Å². The van der Waals surface area contributed by atoms with Gasteiger partial charge < -0.3 is 9.67 Å². The van der Waals surface area contributed by atoms with Crippen molar-refractivity contribution in [3.63, 3.8) is 0 Å². The van der Waals surface area contributed by atoms with Crippen LogP contribution in [0.1, 0.15) is 25.6 Å². The highest BCUT2D eigenvalue weighted by atomic mass is 16.4. The first-order valence-corrected chi connectivity index (χ1v) is 8.77. The molecule has 0 spiro atoms. The Hall–Kier alpha value is -2.18. The summed E-state index contributed by atoms with van der Waals surface area (Å²) in [6, 6.07) is 9.66. The van der Waals surface area contributed by atoms with Crippen molar-refractivity contribution in [3.8, 4) is 11.4 Å². The summed E-state index contributed by atoms with van der Waals surface area (Å²) < 4.78 is 1.91. The molecule has 1 N–H and O–H groups in total. The predicted molar refractivity (Wildman–Crippen MR) is 97.3 cm³/mol. The van der Waals surface area contributed by atoms with Crippen molar-refractivity contribution < 1.29 is 9.90 Å². The summed E-state index contributed by atoms with van der Waals surface area (Å²) in [5.74, 6) is -0.0432. The molecule has 6 heteroatoms. The van der Waals surface area contributed by atoms with Gasteiger partial charge in [0.1, 0.15) is 5.82 Å². The summed E-state index contributed by atoms with van der Waals surface area (Å²) in [5.41, 5.74) is 1.59. The highest BCUT2D eigenvalue weighted by molar-refractivity contribution is 5.75. The molecule has 134 valence electrons. The summed E-state index contributed by atoms with van der Waals surface area (Å²) in [7, 11) is 1.91. The minimum absolute atomic E-state index is 0.491. The summed E-state index contributed by atoms with van der Waals surface area (Å²) >= 11 is 0. The lowest BCUT2D eigenvalue weighted by molar-refractivity contribution is -0.144. The standard InChI is InChI=1S/C19H26N4O2/c1-14(2)22-9-11-23(12-10-22)17(19(24)25)16-13-21(3)18(20-16)15-7-5-4-6-8-15/h4-8,13-14,17H,9-12H2,1-3H3,(H,24,25). The van der Waals surface area contributed by atoms with Gasteiger partial charge in [0.15, 0.2) is 6.04 Å². The Kier molecular flexibility index (Phi) is 5.20. The van der Waals surface area contributed by atoms with E-state index in [4.69, 9.17) is 0 Å². The maximum absolute atomic E-state index is 12.0. The molecular formula is C19H26N4O2. The third-order valence-corrected chi connectivity index (χ3v) is 4.89. The van der Waals surface area contributed by atoms with Gasteiger partial charge in [-0.15, -0.1) is 0 Å². The van der Waals surface area contributed by atoms with Crippen LogP contribution >= 0.6 is 0 Å². The number of carboxylic acids is 1. The number of hydrogen-bond acceptors (Lipinski definition) is 4. The van der Waals surface area contributed by atoms with Gasteiger partial charge in [-0.25, -0.2) is 4.98 Å². The van der Waals surface area contributed by atoms with Crippen molar-refractivity contribution in [1.82, 2.24) is 19.4 Å². The molecule has 0 radical (unpaired) electrons. The largest absolute Gasteiger partial charge is 0.480 e. The molecule has 0 aliphatic carbocycles. The van der Waals surface area contributed by atoms with E-state index in [1.807, 2.05) is 53.0 Å². The van der Waals surface area contributed by atoms with Crippen molar-refractivity contribution in [2.75, 3.05) is 26.2 Å². The Morgan fingerprint density at radius 3 is 2.24 bits per heavy atom. The van der Waals surface area contributed by atoms with Gasteiger partial charge in [-0.3, -0.25) is 14.6 Å². The van der Waals surface area contributed by atoms with Crippen LogP contribution in [0.4, 0.5) is 0 Å². The van der Waals surface area contributed by atoms with Gasteiger partial charge in [0.2, 0.25) is 0 Å². The second kappa shape index (κ2) is 7.37. The van der Waals surface area contributed by atoms with E-state index in [0.717, 1.165) is 37.6 Å². The van der Waals surface area contributed by atoms with Crippen LogP contribution < -0.4 is 0 Å². The summed E-state index contributed by atoms with van der Waals surface area (Å²) in [6.45, 7) is 7.61. The summed E-state index contributed by atoms with van der Waals surface area (Å²) in [5, 5.41) is 9.82. The van der Waals surface area contributed by atoms with E-state index in [1.165, 1.54) is 0 Å². The number of benzene rings is 1. The van der Waals surface area contributed by atoms with Gasteiger partial charge in [-0.05, 0) is 13.8 Å². The molecule has 1 unspecified atom stereocenters. The van der Waals surface area contributed by atoms with Crippen LogP contribution in [0.3, 0.4) is 0 Å². The highest BCUT2D eigenvalue weighted by Gasteiger charge is 2.33. The molecule has 3 rings (SSSR count). The molecule has 1 fully saturated rings. The molecule has 1 aliphatic heterocycles. The number of aryl methyl sites for hydroxylation is 1. The minimum Gasteiger partial charge on any atom is -0.480 e. The van der Waals surface area contributed by atoms with Gasteiger partial charge >= 0.3 is 5.97 Å². The van der Waals surface area contributed by atoms with E-state index in [2.05, 4.69) is 23.7 Å². The first-order chi connectivity index (χ1) is 12.0. The van der Waals surface area contributed by atoms with Crippen LogP contribution in [0.15, 0.2) is 36.5 Å². The number of hydrogen-bond donors (Lipinski definition) is 1. The minimum atomic E-state index is -0.837. The quantitative estimate of drug-likeness (QED) is 0.903. The zero-order chi connectivity index (χ0) is 18.0. The highest BCUT2D eigenvalue weighted by Crippen LogP contribution is 2.26. The van der Waals surface area contributed by atoms with E-state index in [9.17, 15) is 9.90 Å². The molecule has 1 saturated heterocycles. The number of piperazine rings is 1. The molecule has 1 atom stereocenters. The maximum atomic E-state index is 12.0. The third kappa shape index (κ3) is 3.75. The topological polar surface area (TPSA) is 61.6 Å². The van der Waals surface area contributed by atoms with E-state index >= 15 is 0 Å². The lowest BCUT2D eigenvalue weighted by Crippen LogP contribution is -2.51. The molecule has 2 heterocycles. The molecule has 6 nitrogen and oxygen atoms in total. The van der Waals surface area contributed by atoms with Crippen molar-refractivity contribution in [2.24, 2.45) is 7.05 Å². The van der Waals surface area contributed by atoms with Gasteiger partial charge in [-0.1, -0.05) is 30.3 Å². The van der Waals surface area contributed by atoms with Crippen molar-refractivity contribution in [2.45, 2.75) is 25.9 Å². The number of aliphatic carboxylic acids is 1. The smallest absolute Gasteiger partial charge is 0.327 e. The second-order valence-corrected chi connectivity index (χ2v) is 6.87. The average Bonchev–Trinajstić information content (AvgIpc) is 2.97. The van der Waals surface area contributed by atoms with Crippen LogP contribution in [0.25, 0.3) is 11.4 Å². The Labute approximate surface area is 148 Å². The normalized spacial score (nSPS) is 17.8. The van der Waals surface area contributed by atoms with Crippen molar-refractivity contribution >= 4 is 5.97 Å². The zero-order valence-corrected chi connectivity index (χ0v) is 15.1. The Morgan fingerprint density at radius 2 is 1.68 bits per heavy atom. The van der Waals surface area contributed by atoms with E-state index < -0.39 is 12.0 Å². The number of carbonyl (C=O) groups is 1. The Balaban J connectivity index is 1.84. The van der Waals surface area contributed by atoms with Crippen molar-refractivity contribution in [3.05, 3.63) is 42.2 Å². The second-order valence-electron chi connectivity index (χ2n) is 6.87. The number of imidazole rings is 1. The molecule has 0 saturated carbocycles. The van der Waals surface area contributed by atoms with Gasteiger partial charge in [0.05, 0.1) is 5.69 Å². The van der Waals surface area contributed by atoms with Crippen LogP contribution in [-0.2, 0) is 11.8 Å². The van der Waals surface area contributed by atoms with Crippen LogP contribution in [0.2, 0.25) is 0 Å². The lowest BCUT2D eigenvalue weighted by atomic mass is 10.1. The van der Waals surface area contributed by atoms with E-state index in [0.29, 0.717) is 11.7 Å². The molecular weight excluding hydrogens is 316 g/mol. The third-order valence-electron chi connectivity index (χ3n) is 4.89. The molecule has 0 bridgehead atoms. The summed E-state index contributed by atoms with van der Waals surface area (Å²) in [6.07, 6.45) is 1.84. The Bertz CT molecular complexity index is 718. The van der Waals surface area contributed by atoms with E-state index in [1.54, 1.807) is 0 Å². The van der Waals surface area contributed by atoms with Crippen LogP contribution in [0.5, 0.6) is 0 Å². The number of nitrogens with zero attached hydrogens (tertiary/aromatic N) is 4. The first-order valence-electron chi connectivity index (χ1n) is 8.77. The van der Waals surface area contributed by atoms with Crippen LogP contribution in [0, 0.1) is 0 Å². The maximum Gasteiger partial charge on any atom is 0.327 e. The SMILES string of the molecule is CC(C)N1CCN(C(C(=O)O)c2cn(C)c(-c3ccccc3)n2)CC1. The number of rotatable bonds is 5.